The molecule has 0 aromatic carbocycles. The van der Waals surface area contributed by atoms with Crippen LogP contribution in [0.15, 0.2) is 0 Å². The van der Waals surface area contributed by atoms with Crippen LogP contribution >= 0.6 is 0 Å². The normalized spacial score (nSPS) is 14.6. The van der Waals surface area contributed by atoms with Crippen LogP contribution in [0.2, 0.25) is 0 Å². The Balaban J connectivity index is 3.96. The summed E-state index contributed by atoms with van der Waals surface area (Å²) in [5.41, 5.74) is 0. The molecular formula is C9H21NO3S. The van der Waals surface area contributed by atoms with Crippen molar-refractivity contribution >= 4 is 9.84 Å². The Kier molecular flexibility index (Phi) is 6.31. The number of aliphatic hydroxyl groups excluding tert-OH is 1. The Morgan fingerprint density at radius 1 is 1.43 bits per heavy atom. The fraction of sp³-hybridized carbons (Fsp3) is 1.00. The second kappa shape index (κ2) is 6.37. The van der Waals surface area contributed by atoms with E-state index in [2.05, 4.69) is 4.90 Å². The Morgan fingerprint density at radius 3 is 2.36 bits per heavy atom. The molecule has 0 rings (SSSR count). The van der Waals surface area contributed by atoms with Crippen molar-refractivity contribution in [2.24, 2.45) is 5.92 Å². The number of sulfone groups is 1. The fourth-order valence-corrected chi connectivity index (χ4v) is 2.67. The lowest BCUT2D eigenvalue weighted by Gasteiger charge is -2.22. The maximum Gasteiger partial charge on any atom is 0.147 e. The van der Waals surface area contributed by atoms with Gasteiger partial charge in [0.25, 0.3) is 0 Å². The Morgan fingerprint density at radius 2 is 2.00 bits per heavy atom. The standard InChI is InChI=1S/C9H21NO3S/c1-4-10(5-6-11)7-9(2)8-14(3,12)13/h9,11H,4-8H2,1-3H3. The largest absolute Gasteiger partial charge is 0.395 e. The first kappa shape index (κ1) is 13.9. The van der Waals surface area contributed by atoms with Gasteiger partial charge in [0.2, 0.25) is 0 Å². The summed E-state index contributed by atoms with van der Waals surface area (Å²) in [5, 5.41) is 8.75. The molecule has 0 aliphatic heterocycles. The van der Waals surface area contributed by atoms with Crippen LogP contribution in [0.1, 0.15) is 13.8 Å². The van der Waals surface area contributed by atoms with E-state index in [0.29, 0.717) is 6.54 Å². The molecule has 0 radical (unpaired) electrons. The molecule has 0 aliphatic rings. The zero-order valence-electron chi connectivity index (χ0n) is 9.23. The van der Waals surface area contributed by atoms with E-state index in [9.17, 15) is 8.42 Å². The maximum absolute atomic E-state index is 11.0. The van der Waals surface area contributed by atoms with E-state index in [4.69, 9.17) is 5.11 Å². The van der Waals surface area contributed by atoms with Crippen LogP contribution in [0, 0.1) is 5.92 Å². The summed E-state index contributed by atoms with van der Waals surface area (Å²) < 4.78 is 22.0. The van der Waals surface area contributed by atoms with Gasteiger partial charge in [0.05, 0.1) is 12.4 Å². The Labute approximate surface area is 86.8 Å². The lowest BCUT2D eigenvalue weighted by molar-refractivity contribution is 0.188. The first-order chi connectivity index (χ1) is 6.39. The topological polar surface area (TPSA) is 57.6 Å². The SMILES string of the molecule is CCN(CCO)CC(C)CS(C)(=O)=O. The third kappa shape index (κ3) is 7.29. The summed E-state index contributed by atoms with van der Waals surface area (Å²) in [6.07, 6.45) is 1.26. The average molecular weight is 223 g/mol. The van der Waals surface area contributed by atoms with Crippen molar-refractivity contribution in [1.29, 1.82) is 0 Å². The van der Waals surface area contributed by atoms with Gasteiger partial charge in [-0.15, -0.1) is 0 Å². The van der Waals surface area contributed by atoms with Crippen LogP contribution < -0.4 is 0 Å². The van der Waals surface area contributed by atoms with Crippen molar-refractivity contribution in [3.63, 3.8) is 0 Å². The van der Waals surface area contributed by atoms with Crippen LogP contribution in [0.4, 0.5) is 0 Å². The minimum absolute atomic E-state index is 0.122. The Bertz CT molecular complexity index is 238. The van der Waals surface area contributed by atoms with Gasteiger partial charge in [-0.1, -0.05) is 13.8 Å². The zero-order chi connectivity index (χ0) is 11.2. The van der Waals surface area contributed by atoms with E-state index in [0.717, 1.165) is 13.1 Å². The second-order valence-electron chi connectivity index (χ2n) is 3.81. The van der Waals surface area contributed by atoms with Gasteiger partial charge < -0.3 is 10.0 Å². The Hall–Kier alpha value is -0.130. The maximum atomic E-state index is 11.0. The molecule has 5 heteroatoms. The summed E-state index contributed by atoms with van der Waals surface area (Å²) in [6.45, 7) is 6.23. The molecule has 0 spiro atoms. The third-order valence-electron chi connectivity index (χ3n) is 2.02. The van der Waals surface area contributed by atoms with E-state index in [1.807, 2.05) is 13.8 Å². The highest BCUT2D eigenvalue weighted by molar-refractivity contribution is 7.90. The first-order valence-electron chi connectivity index (χ1n) is 4.90. The van der Waals surface area contributed by atoms with Crippen molar-refractivity contribution in [1.82, 2.24) is 4.90 Å². The van der Waals surface area contributed by atoms with Crippen LogP contribution in [0.25, 0.3) is 0 Å². The molecule has 0 bridgehead atoms. The van der Waals surface area contributed by atoms with Crippen LogP contribution in [-0.2, 0) is 9.84 Å². The lowest BCUT2D eigenvalue weighted by Crippen LogP contribution is -2.33. The van der Waals surface area contributed by atoms with Crippen LogP contribution in [0.5, 0.6) is 0 Å². The average Bonchev–Trinajstić information content (AvgIpc) is 2.00. The molecule has 0 saturated heterocycles. The van der Waals surface area contributed by atoms with Gasteiger partial charge >= 0.3 is 0 Å². The van der Waals surface area contributed by atoms with E-state index < -0.39 is 9.84 Å². The van der Waals surface area contributed by atoms with E-state index in [1.54, 1.807) is 0 Å². The summed E-state index contributed by atoms with van der Waals surface area (Å²) in [4.78, 5) is 2.05. The summed E-state index contributed by atoms with van der Waals surface area (Å²) in [5.74, 6) is 0.339. The molecule has 0 heterocycles. The van der Waals surface area contributed by atoms with Crippen LogP contribution in [0.3, 0.4) is 0 Å². The summed E-state index contributed by atoms with van der Waals surface area (Å²) in [6, 6.07) is 0. The summed E-state index contributed by atoms with van der Waals surface area (Å²) >= 11 is 0. The number of aliphatic hydroxyl groups is 1. The molecule has 1 N–H and O–H groups in total. The van der Waals surface area contributed by atoms with Gasteiger partial charge in [-0.3, -0.25) is 0 Å². The quantitative estimate of drug-likeness (QED) is 0.659. The fourth-order valence-electron chi connectivity index (χ4n) is 1.53. The van der Waals surface area contributed by atoms with Crippen molar-refractivity contribution in [2.75, 3.05) is 38.2 Å². The van der Waals surface area contributed by atoms with Gasteiger partial charge in [0.15, 0.2) is 0 Å². The van der Waals surface area contributed by atoms with Crippen LogP contribution in [-0.4, -0.2) is 56.7 Å². The van der Waals surface area contributed by atoms with Gasteiger partial charge in [0.1, 0.15) is 9.84 Å². The molecular weight excluding hydrogens is 202 g/mol. The molecule has 1 atom stereocenters. The molecule has 0 saturated carbocycles. The van der Waals surface area contributed by atoms with Crippen molar-refractivity contribution < 1.29 is 13.5 Å². The summed E-state index contributed by atoms with van der Waals surface area (Å²) in [7, 11) is -2.88. The first-order valence-corrected chi connectivity index (χ1v) is 6.96. The number of likely N-dealkylation sites (N-methyl/N-ethyl adjacent to an activating group) is 1. The molecule has 0 aromatic rings. The smallest absolute Gasteiger partial charge is 0.147 e. The molecule has 0 aromatic heterocycles. The van der Waals surface area contributed by atoms with Crippen molar-refractivity contribution in [2.45, 2.75) is 13.8 Å². The predicted molar refractivity (Wildman–Crippen MR) is 58.1 cm³/mol. The monoisotopic (exact) mass is 223 g/mol. The number of hydrogen-bond acceptors (Lipinski definition) is 4. The van der Waals surface area contributed by atoms with Gasteiger partial charge in [-0.05, 0) is 12.5 Å². The molecule has 86 valence electrons. The minimum Gasteiger partial charge on any atom is -0.395 e. The molecule has 14 heavy (non-hydrogen) atoms. The predicted octanol–water partition coefficient (Wildman–Crippen LogP) is -0.0187. The number of hydrogen-bond donors (Lipinski definition) is 1. The van der Waals surface area contributed by atoms with E-state index in [1.165, 1.54) is 6.26 Å². The van der Waals surface area contributed by atoms with Crippen molar-refractivity contribution in [3.8, 4) is 0 Å². The zero-order valence-corrected chi connectivity index (χ0v) is 10.0. The van der Waals surface area contributed by atoms with E-state index >= 15 is 0 Å². The van der Waals surface area contributed by atoms with Gasteiger partial charge in [0, 0.05) is 19.3 Å². The molecule has 0 fully saturated rings. The highest BCUT2D eigenvalue weighted by atomic mass is 32.2. The highest BCUT2D eigenvalue weighted by Crippen LogP contribution is 2.03. The number of nitrogens with zero attached hydrogens (tertiary/aromatic N) is 1. The molecule has 0 amide bonds. The van der Waals surface area contributed by atoms with Gasteiger partial charge in [-0.25, -0.2) is 8.42 Å². The lowest BCUT2D eigenvalue weighted by atomic mass is 10.2. The molecule has 1 unspecified atom stereocenters. The van der Waals surface area contributed by atoms with Gasteiger partial charge in [-0.2, -0.15) is 0 Å². The molecule has 4 nitrogen and oxygen atoms in total. The van der Waals surface area contributed by atoms with E-state index in [-0.39, 0.29) is 18.3 Å². The second-order valence-corrected chi connectivity index (χ2v) is 6.00. The number of rotatable bonds is 7. The third-order valence-corrected chi connectivity index (χ3v) is 3.20. The highest BCUT2D eigenvalue weighted by Gasteiger charge is 2.13. The van der Waals surface area contributed by atoms with Crippen molar-refractivity contribution in [3.05, 3.63) is 0 Å². The minimum atomic E-state index is -2.88. The molecule has 0 aliphatic carbocycles.